The summed E-state index contributed by atoms with van der Waals surface area (Å²) in [6.45, 7) is 3.55. The number of carbonyl (C=O) groups is 1. The van der Waals surface area contributed by atoms with Crippen molar-refractivity contribution in [1.82, 2.24) is 10.2 Å². The smallest absolute Gasteiger partial charge is 0.237 e. The highest BCUT2D eigenvalue weighted by atomic mass is 16.2. The van der Waals surface area contributed by atoms with Crippen LogP contribution >= 0.6 is 0 Å². The van der Waals surface area contributed by atoms with Crippen LogP contribution in [-0.2, 0) is 4.79 Å². The Morgan fingerprint density at radius 2 is 2.31 bits per heavy atom. The summed E-state index contributed by atoms with van der Waals surface area (Å²) < 4.78 is 0. The summed E-state index contributed by atoms with van der Waals surface area (Å²) in [5.41, 5.74) is 0. The zero-order chi connectivity index (χ0) is 9.26. The normalized spacial score (nSPS) is 29.5. The summed E-state index contributed by atoms with van der Waals surface area (Å²) >= 11 is 0. The highest BCUT2D eigenvalue weighted by Gasteiger charge is 2.27. The summed E-state index contributed by atoms with van der Waals surface area (Å²) in [7, 11) is 0. The van der Waals surface area contributed by atoms with Gasteiger partial charge < -0.3 is 4.90 Å². The lowest BCUT2D eigenvalue weighted by Gasteiger charge is -2.29. The van der Waals surface area contributed by atoms with E-state index in [4.69, 9.17) is 0 Å². The molecule has 1 N–H and O–H groups in total. The van der Waals surface area contributed by atoms with Crippen LogP contribution in [0.3, 0.4) is 0 Å². The van der Waals surface area contributed by atoms with Crippen molar-refractivity contribution in [3.63, 3.8) is 0 Å². The molecule has 1 saturated heterocycles. The second-order valence-electron chi connectivity index (χ2n) is 4.23. The molecule has 2 aliphatic rings. The van der Waals surface area contributed by atoms with E-state index in [0.29, 0.717) is 6.54 Å². The largest absolute Gasteiger partial charge is 0.326 e. The van der Waals surface area contributed by atoms with Crippen LogP contribution in [0, 0.1) is 5.92 Å². The molecule has 3 nitrogen and oxygen atoms in total. The van der Waals surface area contributed by atoms with Crippen molar-refractivity contribution >= 4 is 5.91 Å². The van der Waals surface area contributed by atoms with Crippen molar-refractivity contribution < 1.29 is 4.79 Å². The Kier molecular flexibility index (Phi) is 2.54. The molecule has 1 aliphatic carbocycles. The van der Waals surface area contributed by atoms with Gasteiger partial charge in [0.15, 0.2) is 0 Å². The van der Waals surface area contributed by atoms with Crippen molar-refractivity contribution in [2.24, 2.45) is 5.92 Å². The van der Waals surface area contributed by atoms with Crippen LogP contribution in [0.4, 0.5) is 0 Å². The molecule has 2 fully saturated rings. The van der Waals surface area contributed by atoms with Crippen LogP contribution in [0.2, 0.25) is 0 Å². The summed E-state index contributed by atoms with van der Waals surface area (Å²) in [6.07, 6.45) is 5.62. The second-order valence-corrected chi connectivity index (χ2v) is 4.23. The number of nitrogens with zero attached hydrogens (tertiary/aromatic N) is 1. The first kappa shape index (κ1) is 9.00. The van der Waals surface area contributed by atoms with Gasteiger partial charge in [-0.15, -0.1) is 0 Å². The molecule has 0 aromatic heterocycles. The summed E-state index contributed by atoms with van der Waals surface area (Å²) in [5, 5.41) is 3.16. The molecule has 0 aromatic carbocycles. The van der Waals surface area contributed by atoms with Gasteiger partial charge in [0.05, 0.1) is 12.7 Å². The van der Waals surface area contributed by atoms with Gasteiger partial charge in [-0.2, -0.15) is 0 Å². The molecule has 1 saturated carbocycles. The van der Waals surface area contributed by atoms with E-state index in [2.05, 4.69) is 12.2 Å². The molecule has 1 unspecified atom stereocenters. The second kappa shape index (κ2) is 3.66. The predicted octanol–water partition coefficient (Wildman–Crippen LogP) is 0.954. The van der Waals surface area contributed by atoms with E-state index in [9.17, 15) is 4.79 Å². The predicted molar refractivity (Wildman–Crippen MR) is 51.1 cm³/mol. The van der Waals surface area contributed by atoms with Crippen molar-refractivity contribution in [3.8, 4) is 0 Å². The maximum atomic E-state index is 11.4. The molecule has 0 radical (unpaired) electrons. The molecule has 0 spiro atoms. The zero-order valence-electron chi connectivity index (χ0n) is 8.25. The maximum Gasteiger partial charge on any atom is 0.237 e. The summed E-state index contributed by atoms with van der Waals surface area (Å²) in [6, 6.07) is 0. The first-order chi connectivity index (χ1) is 6.27. The number of carbonyl (C=O) groups excluding carboxylic acids is 1. The molecule has 3 heteroatoms. The fourth-order valence-electron chi connectivity index (χ4n) is 2.08. The Labute approximate surface area is 79.5 Å². The van der Waals surface area contributed by atoms with Crippen LogP contribution in [0.15, 0.2) is 0 Å². The van der Waals surface area contributed by atoms with Crippen molar-refractivity contribution in [3.05, 3.63) is 0 Å². The topological polar surface area (TPSA) is 32.3 Å². The third-order valence-corrected chi connectivity index (χ3v) is 3.34. The third-order valence-electron chi connectivity index (χ3n) is 3.34. The average Bonchev–Trinajstić information content (AvgIpc) is 2.32. The maximum absolute atomic E-state index is 11.4. The lowest BCUT2D eigenvalue weighted by molar-refractivity contribution is -0.128. The van der Waals surface area contributed by atoms with E-state index in [0.717, 1.165) is 12.5 Å². The molecule has 1 heterocycles. The monoisotopic (exact) mass is 182 g/mol. The van der Waals surface area contributed by atoms with Gasteiger partial charge in [0.2, 0.25) is 5.91 Å². The van der Waals surface area contributed by atoms with E-state index >= 15 is 0 Å². The van der Waals surface area contributed by atoms with Gasteiger partial charge >= 0.3 is 0 Å². The summed E-state index contributed by atoms with van der Waals surface area (Å²) in [4.78, 5) is 13.3. The van der Waals surface area contributed by atoms with Gasteiger partial charge in [-0.25, -0.2) is 0 Å². The Balaban J connectivity index is 1.75. The number of hydrogen-bond acceptors (Lipinski definition) is 2. The molecule has 1 aliphatic heterocycles. The Morgan fingerprint density at radius 3 is 2.77 bits per heavy atom. The first-order valence-corrected chi connectivity index (χ1v) is 5.30. The minimum atomic E-state index is 0.257. The Bertz CT molecular complexity index is 201. The first-order valence-electron chi connectivity index (χ1n) is 5.30. The van der Waals surface area contributed by atoms with Gasteiger partial charge in [-0.1, -0.05) is 19.3 Å². The number of hydrogen-bond donors (Lipinski definition) is 1. The lowest BCUT2D eigenvalue weighted by atomic mass is 9.83. The summed E-state index contributed by atoms with van der Waals surface area (Å²) in [5.74, 6) is 1.17. The number of amides is 1. The number of nitrogens with one attached hydrogen (secondary N) is 1. The van der Waals surface area contributed by atoms with Crippen LogP contribution in [0.1, 0.15) is 32.6 Å². The molecule has 13 heavy (non-hydrogen) atoms. The van der Waals surface area contributed by atoms with Gasteiger partial charge in [0, 0.05) is 6.54 Å². The molecule has 0 aromatic rings. The van der Waals surface area contributed by atoms with Crippen LogP contribution in [0.5, 0.6) is 0 Å². The molecule has 2 rings (SSSR count). The standard InChI is InChI=1S/C10H18N2O/c1-8-11-7-10(13)12(8)6-5-9-3-2-4-9/h8-9,11H,2-7H2,1H3. The quantitative estimate of drug-likeness (QED) is 0.705. The molecular weight excluding hydrogens is 164 g/mol. The van der Waals surface area contributed by atoms with Crippen molar-refractivity contribution in [2.75, 3.05) is 13.1 Å². The fraction of sp³-hybridized carbons (Fsp3) is 0.900. The van der Waals surface area contributed by atoms with Gasteiger partial charge in [-0.05, 0) is 19.3 Å². The van der Waals surface area contributed by atoms with Crippen LogP contribution in [-0.4, -0.2) is 30.1 Å². The van der Waals surface area contributed by atoms with E-state index < -0.39 is 0 Å². The van der Waals surface area contributed by atoms with E-state index in [1.165, 1.54) is 25.7 Å². The molecular formula is C10H18N2O. The highest BCUT2D eigenvalue weighted by molar-refractivity contribution is 5.80. The van der Waals surface area contributed by atoms with Gasteiger partial charge in [-0.3, -0.25) is 10.1 Å². The van der Waals surface area contributed by atoms with Crippen molar-refractivity contribution in [2.45, 2.75) is 38.8 Å². The van der Waals surface area contributed by atoms with Gasteiger partial charge in [0.1, 0.15) is 0 Å². The average molecular weight is 182 g/mol. The Hall–Kier alpha value is -0.570. The fourth-order valence-corrected chi connectivity index (χ4v) is 2.08. The zero-order valence-corrected chi connectivity index (χ0v) is 8.25. The minimum absolute atomic E-state index is 0.257. The van der Waals surface area contributed by atoms with Crippen molar-refractivity contribution in [1.29, 1.82) is 0 Å². The van der Waals surface area contributed by atoms with E-state index in [1.807, 2.05) is 4.90 Å². The van der Waals surface area contributed by atoms with Crippen LogP contribution < -0.4 is 5.32 Å². The van der Waals surface area contributed by atoms with Crippen LogP contribution in [0.25, 0.3) is 0 Å². The number of rotatable bonds is 3. The van der Waals surface area contributed by atoms with Gasteiger partial charge in [0.25, 0.3) is 0 Å². The van der Waals surface area contributed by atoms with E-state index in [1.54, 1.807) is 0 Å². The van der Waals surface area contributed by atoms with E-state index in [-0.39, 0.29) is 12.1 Å². The highest BCUT2D eigenvalue weighted by Crippen LogP contribution is 2.29. The minimum Gasteiger partial charge on any atom is -0.326 e. The lowest BCUT2D eigenvalue weighted by Crippen LogP contribution is -2.36. The third kappa shape index (κ3) is 1.85. The molecule has 1 atom stereocenters. The SMILES string of the molecule is CC1NCC(=O)N1CCC1CCC1. The molecule has 1 amide bonds. The molecule has 74 valence electrons. The Morgan fingerprint density at radius 1 is 1.54 bits per heavy atom. The molecule has 0 bridgehead atoms.